The molecule has 4 aromatic rings. The Hall–Kier alpha value is -3.09. The van der Waals surface area contributed by atoms with E-state index < -0.39 is 0 Å². The summed E-state index contributed by atoms with van der Waals surface area (Å²) in [4.78, 5) is 12.7. The molecule has 0 saturated carbocycles. The van der Waals surface area contributed by atoms with Crippen LogP contribution in [0.1, 0.15) is 32.4 Å². The van der Waals surface area contributed by atoms with Gasteiger partial charge in [-0.15, -0.1) is 10.2 Å². The van der Waals surface area contributed by atoms with Crippen LogP contribution in [0.5, 0.6) is 0 Å². The molecule has 0 spiro atoms. The van der Waals surface area contributed by atoms with Gasteiger partial charge in [0.05, 0.1) is 11.3 Å². The number of halogens is 1. The fourth-order valence-corrected chi connectivity index (χ4v) is 3.29. The molecule has 0 fully saturated rings. The highest BCUT2D eigenvalue weighted by atomic mass is 19.1. The van der Waals surface area contributed by atoms with E-state index in [1.807, 2.05) is 13.0 Å². The number of nitrogens with zero attached hydrogens (tertiary/aromatic N) is 5. The summed E-state index contributed by atoms with van der Waals surface area (Å²) in [6.45, 7) is 4.75. The van der Waals surface area contributed by atoms with Crippen LogP contribution in [-0.4, -0.2) is 24.4 Å². The third-order valence-electron chi connectivity index (χ3n) is 4.75. The quantitative estimate of drug-likeness (QED) is 0.542. The molecule has 0 atom stereocenters. The van der Waals surface area contributed by atoms with E-state index in [0.717, 1.165) is 29.7 Å². The van der Waals surface area contributed by atoms with Crippen LogP contribution < -0.4 is 5.56 Å². The molecule has 3 aromatic heterocycles. The molecule has 4 rings (SSSR count). The monoisotopic (exact) mass is 365 g/mol. The zero-order valence-electron chi connectivity index (χ0n) is 15.3. The van der Waals surface area contributed by atoms with Gasteiger partial charge in [0.15, 0.2) is 11.2 Å². The molecule has 0 radical (unpaired) electrons. The SMILES string of the molecule is CCCCn1ccc2c(nnc3c(-c4ccc(F)cc4)c(CC)nn32)c1=O. The van der Waals surface area contributed by atoms with Gasteiger partial charge in [0, 0.05) is 12.7 Å². The molecule has 0 bridgehead atoms. The summed E-state index contributed by atoms with van der Waals surface area (Å²) in [7, 11) is 0. The highest BCUT2D eigenvalue weighted by Crippen LogP contribution is 2.29. The van der Waals surface area contributed by atoms with Crippen molar-refractivity contribution in [2.24, 2.45) is 0 Å². The number of rotatable bonds is 5. The predicted molar refractivity (Wildman–Crippen MR) is 102 cm³/mol. The number of pyridine rings is 1. The normalized spacial score (nSPS) is 11.5. The summed E-state index contributed by atoms with van der Waals surface area (Å²) in [5.74, 6) is -0.294. The topological polar surface area (TPSA) is 65.1 Å². The Morgan fingerprint density at radius 2 is 1.85 bits per heavy atom. The third-order valence-corrected chi connectivity index (χ3v) is 4.75. The van der Waals surface area contributed by atoms with Crippen molar-refractivity contribution in [3.8, 4) is 11.1 Å². The van der Waals surface area contributed by atoms with E-state index in [0.29, 0.717) is 29.6 Å². The van der Waals surface area contributed by atoms with Gasteiger partial charge in [0.25, 0.3) is 5.56 Å². The Morgan fingerprint density at radius 3 is 2.56 bits per heavy atom. The number of hydrogen-bond acceptors (Lipinski definition) is 4. The van der Waals surface area contributed by atoms with Crippen molar-refractivity contribution in [2.45, 2.75) is 39.7 Å². The molecule has 3 heterocycles. The zero-order chi connectivity index (χ0) is 19.0. The van der Waals surface area contributed by atoms with Crippen molar-refractivity contribution in [1.29, 1.82) is 0 Å². The Kier molecular flexibility index (Phi) is 4.43. The van der Waals surface area contributed by atoms with E-state index in [4.69, 9.17) is 0 Å². The Labute approximate surface area is 155 Å². The largest absolute Gasteiger partial charge is 0.313 e. The summed E-state index contributed by atoms with van der Waals surface area (Å²) in [5, 5.41) is 13.2. The molecular weight excluding hydrogens is 345 g/mol. The van der Waals surface area contributed by atoms with Crippen molar-refractivity contribution >= 4 is 16.7 Å². The number of benzene rings is 1. The van der Waals surface area contributed by atoms with Crippen molar-refractivity contribution in [3.05, 3.63) is 58.4 Å². The maximum Gasteiger partial charge on any atom is 0.280 e. The first-order valence-electron chi connectivity index (χ1n) is 9.17. The molecule has 0 aliphatic rings. The van der Waals surface area contributed by atoms with Crippen molar-refractivity contribution in [2.75, 3.05) is 0 Å². The van der Waals surface area contributed by atoms with Crippen molar-refractivity contribution in [3.63, 3.8) is 0 Å². The smallest absolute Gasteiger partial charge is 0.280 e. The summed E-state index contributed by atoms with van der Waals surface area (Å²) < 4.78 is 16.7. The van der Waals surface area contributed by atoms with Crippen LogP contribution in [0.25, 0.3) is 27.8 Å². The molecule has 27 heavy (non-hydrogen) atoms. The van der Waals surface area contributed by atoms with Gasteiger partial charge in [0.2, 0.25) is 0 Å². The van der Waals surface area contributed by atoms with Gasteiger partial charge >= 0.3 is 0 Å². The third kappa shape index (κ3) is 2.89. The van der Waals surface area contributed by atoms with Crippen LogP contribution in [0.4, 0.5) is 4.39 Å². The number of fused-ring (bicyclic) bond motifs is 3. The fourth-order valence-electron chi connectivity index (χ4n) is 3.29. The predicted octanol–water partition coefficient (Wildman–Crippen LogP) is 3.61. The van der Waals surface area contributed by atoms with E-state index in [-0.39, 0.29) is 11.4 Å². The lowest BCUT2D eigenvalue weighted by Crippen LogP contribution is -2.21. The van der Waals surface area contributed by atoms with Crippen LogP contribution in [0.15, 0.2) is 41.3 Å². The lowest BCUT2D eigenvalue weighted by Gasteiger charge is -2.06. The summed E-state index contributed by atoms with van der Waals surface area (Å²) in [6.07, 6.45) is 4.41. The first kappa shape index (κ1) is 17.3. The van der Waals surface area contributed by atoms with E-state index in [1.165, 1.54) is 12.1 Å². The molecule has 7 heteroatoms. The van der Waals surface area contributed by atoms with Crippen LogP contribution in [-0.2, 0) is 13.0 Å². The summed E-state index contributed by atoms with van der Waals surface area (Å²) >= 11 is 0. The highest BCUT2D eigenvalue weighted by Gasteiger charge is 2.18. The van der Waals surface area contributed by atoms with Crippen molar-refractivity contribution < 1.29 is 4.39 Å². The lowest BCUT2D eigenvalue weighted by molar-refractivity contribution is 0.615. The minimum atomic E-state index is -0.294. The minimum absolute atomic E-state index is 0.160. The molecular formula is C20H20FN5O. The van der Waals surface area contributed by atoms with Crippen LogP contribution >= 0.6 is 0 Å². The van der Waals surface area contributed by atoms with Crippen LogP contribution in [0.3, 0.4) is 0 Å². The van der Waals surface area contributed by atoms with E-state index in [1.54, 1.807) is 27.4 Å². The number of unbranched alkanes of at least 4 members (excludes halogenated alkanes) is 1. The van der Waals surface area contributed by atoms with Crippen LogP contribution in [0, 0.1) is 5.82 Å². The lowest BCUT2D eigenvalue weighted by atomic mass is 10.0. The molecule has 0 unspecified atom stereocenters. The van der Waals surface area contributed by atoms with Gasteiger partial charge in [-0.2, -0.15) is 5.10 Å². The second kappa shape index (κ2) is 6.90. The number of hydrogen-bond donors (Lipinski definition) is 0. The molecule has 0 amide bonds. The molecule has 138 valence electrons. The molecule has 0 N–H and O–H groups in total. The average Bonchev–Trinajstić information content (AvgIpc) is 3.07. The Morgan fingerprint density at radius 1 is 1.07 bits per heavy atom. The molecule has 0 aliphatic heterocycles. The van der Waals surface area contributed by atoms with E-state index >= 15 is 0 Å². The number of aryl methyl sites for hydroxylation is 2. The molecule has 0 saturated heterocycles. The first-order chi connectivity index (χ1) is 13.1. The first-order valence-corrected chi connectivity index (χ1v) is 9.17. The number of aromatic nitrogens is 5. The van der Waals surface area contributed by atoms with Gasteiger partial charge in [-0.25, -0.2) is 8.91 Å². The Bertz CT molecular complexity index is 1180. The Balaban J connectivity index is 1.97. The highest BCUT2D eigenvalue weighted by molar-refractivity contribution is 5.84. The maximum absolute atomic E-state index is 13.3. The fraction of sp³-hybridized carbons (Fsp3) is 0.300. The van der Waals surface area contributed by atoms with Gasteiger partial charge in [-0.3, -0.25) is 4.79 Å². The molecule has 0 aliphatic carbocycles. The molecule has 6 nitrogen and oxygen atoms in total. The zero-order valence-corrected chi connectivity index (χ0v) is 15.3. The van der Waals surface area contributed by atoms with Gasteiger partial charge in [0.1, 0.15) is 11.3 Å². The second-order valence-electron chi connectivity index (χ2n) is 6.52. The van der Waals surface area contributed by atoms with Crippen molar-refractivity contribution in [1.82, 2.24) is 24.4 Å². The average molecular weight is 365 g/mol. The maximum atomic E-state index is 13.3. The summed E-state index contributed by atoms with van der Waals surface area (Å²) in [6, 6.07) is 8.10. The van der Waals surface area contributed by atoms with Gasteiger partial charge < -0.3 is 4.57 Å². The van der Waals surface area contributed by atoms with E-state index in [2.05, 4.69) is 22.2 Å². The second-order valence-corrected chi connectivity index (χ2v) is 6.52. The molecule has 1 aromatic carbocycles. The standard InChI is InChI=1S/C20H20FN5O/c1-3-5-11-25-12-10-16-18(20(25)27)22-23-19-17(15(4-2)24-26(16)19)13-6-8-14(21)9-7-13/h6-10,12H,3-5,11H2,1-2H3. The van der Waals surface area contributed by atoms with Gasteiger partial charge in [-0.1, -0.05) is 32.4 Å². The van der Waals surface area contributed by atoms with E-state index in [9.17, 15) is 9.18 Å². The summed E-state index contributed by atoms with van der Waals surface area (Å²) in [5.41, 5.74) is 3.82. The van der Waals surface area contributed by atoms with Gasteiger partial charge in [-0.05, 0) is 36.6 Å². The van der Waals surface area contributed by atoms with Crippen LogP contribution in [0.2, 0.25) is 0 Å². The minimum Gasteiger partial charge on any atom is -0.313 e.